The number of rotatable bonds is 2. The fourth-order valence-electron chi connectivity index (χ4n) is 1.26. The summed E-state index contributed by atoms with van der Waals surface area (Å²) in [5.41, 5.74) is 0.955. The molecule has 0 bridgehead atoms. The number of hydrogen-bond acceptors (Lipinski definition) is 4. The van der Waals surface area contributed by atoms with Gasteiger partial charge in [-0.3, -0.25) is 0 Å². The van der Waals surface area contributed by atoms with Gasteiger partial charge >= 0.3 is 0 Å². The monoisotopic (exact) mass is 244 g/mol. The lowest BCUT2D eigenvalue weighted by Crippen LogP contribution is -2.10. The van der Waals surface area contributed by atoms with E-state index < -0.39 is 0 Å². The van der Waals surface area contributed by atoms with Gasteiger partial charge in [-0.05, 0) is 6.92 Å². The summed E-state index contributed by atoms with van der Waals surface area (Å²) in [7, 11) is 0. The lowest BCUT2D eigenvalue weighted by molar-refractivity contribution is 0.851. The third-order valence-electron chi connectivity index (χ3n) is 1.92. The Morgan fingerprint density at radius 2 is 2.12 bits per heavy atom. The molecule has 0 fully saturated rings. The van der Waals surface area contributed by atoms with Crippen LogP contribution in [-0.4, -0.2) is 9.78 Å². The average Bonchev–Trinajstić information content (AvgIpc) is 2.75. The molecule has 2 rings (SSSR count). The minimum absolute atomic E-state index is 0.369. The maximum absolute atomic E-state index is 10.2. The molecular formula is C11H8N4OS. The molecule has 0 unspecified atom stereocenters. The quantitative estimate of drug-likeness (QED) is 0.461. The highest BCUT2D eigenvalue weighted by Crippen LogP contribution is 2.18. The van der Waals surface area contributed by atoms with Gasteiger partial charge in [0.05, 0.1) is 5.29 Å². The Kier molecular flexibility index (Phi) is 3.43. The molecule has 1 aromatic carbocycles. The van der Waals surface area contributed by atoms with Crippen LogP contribution >= 0.6 is 11.3 Å². The van der Waals surface area contributed by atoms with Crippen molar-refractivity contribution >= 4 is 11.3 Å². The topological polar surface area (TPSA) is 59.6 Å². The fraction of sp³-hybridized carbons (Fsp3) is 0.0909. The van der Waals surface area contributed by atoms with Gasteiger partial charge in [0.1, 0.15) is 5.01 Å². The molecule has 0 amide bonds. The number of hydrogen-bond donors (Lipinski definition) is 0. The van der Waals surface area contributed by atoms with Gasteiger partial charge in [-0.2, -0.15) is 4.68 Å². The minimum atomic E-state index is 0.369. The highest BCUT2D eigenvalue weighted by Gasteiger charge is 2.05. The second kappa shape index (κ2) is 5.18. The molecule has 0 radical (unpaired) electrons. The van der Waals surface area contributed by atoms with Crippen molar-refractivity contribution < 1.29 is 0 Å². The number of aromatic nitrogens is 2. The van der Waals surface area contributed by atoms with Crippen molar-refractivity contribution in [2.45, 2.75) is 6.92 Å². The highest BCUT2D eigenvalue weighted by molar-refractivity contribution is 7.12. The van der Waals surface area contributed by atoms with Gasteiger partial charge in [-0.1, -0.05) is 52.7 Å². The Bertz CT molecular complexity index is 645. The summed E-state index contributed by atoms with van der Waals surface area (Å²) in [6, 6.07) is 12.3. The maximum Gasteiger partial charge on any atom is 0.244 e. The zero-order chi connectivity index (χ0) is 12.1. The second-order valence-corrected chi connectivity index (χ2v) is 3.97. The van der Waals surface area contributed by atoms with Crippen LogP contribution in [0, 0.1) is 16.9 Å². The first kappa shape index (κ1) is 11.2. The molecule has 6 heteroatoms. The molecule has 0 N–H and O–H groups in total. The molecule has 0 spiro atoms. The zero-order valence-corrected chi connectivity index (χ0v) is 9.81. The van der Waals surface area contributed by atoms with E-state index in [-0.39, 0.29) is 0 Å². The number of nitroso groups, excluding NO2 is 1. The SMILES string of the molecule is CC#Cn1nc(-c2ccccc2)s/c1=N/N=O. The van der Waals surface area contributed by atoms with Gasteiger partial charge in [-0.15, -0.1) is 10.0 Å². The molecule has 5 nitrogen and oxygen atoms in total. The zero-order valence-electron chi connectivity index (χ0n) is 8.99. The summed E-state index contributed by atoms with van der Waals surface area (Å²) in [5, 5.41) is 11.0. The predicted molar refractivity (Wildman–Crippen MR) is 65.7 cm³/mol. The van der Waals surface area contributed by atoms with Gasteiger partial charge in [0.15, 0.2) is 0 Å². The van der Waals surface area contributed by atoms with Crippen molar-refractivity contribution in [3.63, 3.8) is 0 Å². The van der Waals surface area contributed by atoms with E-state index in [2.05, 4.69) is 27.5 Å². The summed E-state index contributed by atoms with van der Waals surface area (Å²) in [6.07, 6.45) is 0. The number of benzene rings is 1. The lowest BCUT2D eigenvalue weighted by Gasteiger charge is -1.91. The third kappa shape index (κ3) is 2.46. The smallest absolute Gasteiger partial charge is 0.158 e. The van der Waals surface area contributed by atoms with Crippen molar-refractivity contribution in [2.24, 2.45) is 10.4 Å². The summed E-state index contributed by atoms with van der Waals surface area (Å²) < 4.78 is 1.36. The first-order valence-electron chi connectivity index (χ1n) is 4.80. The molecule has 0 aliphatic carbocycles. The van der Waals surface area contributed by atoms with E-state index in [0.717, 1.165) is 10.6 Å². The summed E-state index contributed by atoms with van der Waals surface area (Å²) >= 11 is 1.27. The Labute approximate surface area is 101 Å². The number of nitrogens with zero attached hydrogens (tertiary/aromatic N) is 4. The standard InChI is InChI=1S/C11H8N4OS/c1-2-8-15-11(12-14-16)17-10(13-15)9-6-4-3-5-7-9/h3-7H,1H3/b12-11+. The van der Waals surface area contributed by atoms with Crippen molar-refractivity contribution in [3.8, 4) is 22.5 Å². The normalized spacial score (nSPS) is 10.8. The Morgan fingerprint density at radius 1 is 1.35 bits per heavy atom. The van der Waals surface area contributed by atoms with E-state index in [9.17, 15) is 4.91 Å². The van der Waals surface area contributed by atoms with Gasteiger partial charge in [0, 0.05) is 11.6 Å². The Hall–Kier alpha value is -2.26. The summed E-state index contributed by atoms with van der Waals surface area (Å²) in [5.74, 6) is 2.70. The van der Waals surface area contributed by atoms with Crippen LogP contribution in [0.3, 0.4) is 0 Å². The molecule has 0 saturated carbocycles. The molecule has 1 aromatic heterocycles. The van der Waals surface area contributed by atoms with E-state index >= 15 is 0 Å². The second-order valence-electron chi connectivity index (χ2n) is 3.01. The van der Waals surface area contributed by atoms with Gasteiger partial charge < -0.3 is 0 Å². The van der Waals surface area contributed by atoms with Crippen LogP contribution in [0.25, 0.3) is 10.6 Å². The largest absolute Gasteiger partial charge is 0.244 e. The van der Waals surface area contributed by atoms with Crippen LogP contribution in [0.5, 0.6) is 0 Å². The Morgan fingerprint density at radius 3 is 2.76 bits per heavy atom. The van der Waals surface area contributed by atoms with Gasteiger partial charge in [0.25, 0.3) is 0 Å². The lowest BCUT2D eigenvalue weighted by atomic mass is 10.2. The summed E-state index contributed by atoms with van der Waals surface area (Å²) in [4.78, 5) is 10.5. The molecule has 2 aromatic rings. The van der Waals surface area contributed by atoms with Crippen LogP contribution < -0.4 is 4.80 Å². The highest BCUT2D eigenvalue weighted by atomic mass is 32.1. The van der Waals surface area contributed by atoms with E-state index in [1.807, 2.05) is 30.3 Å². The maximum atomic E-state index is 10.2. The van der Waals surface area contributed by atoms with E-state index in [0.29, 0.717) is 4.80 Å². The van der Waals surface area contributed by atoms with Crippen LogP contribution in [0.15, 0.2) is 40.7 Å². The van der Waals surface area contributed by atoms with Gasteiger partial charge in [0.2, 0.25) is 4.80 Å². The average molecular weight is 244 g/mol. The molecule has 1 heterocycles. The van der Waals surface area contributed by atoms with Gasteiger partial charge in [-0.25, -0.2) is 0 Å². The van der Waals surface area contributed by atoms with Crippen molar-refractivity contribution in [3.05, 3.63) is 40.0 Å². The minimum Gasteiger partial charge on any atom is -0.158 e. The molecule has 0 aliphatic heterocycles. The molecule has 0 saturated heterocycles. The molecule has 0 atom stereocenters. The first-order valence-corrected chi connectivity index (χ1v) is 5.61. The molecule has 17 heavy (non-hydrogen) atoms. The van der Waals surface area contributed by atoms with E-state index in [1.54, 1.807) is 6.92 Å². The van der Waals surface area contributed by atoms with Crippen LogP contribution in [-0.2, 0) is 0 Å². The third-order valence-corrected chi connectivity index (χ3v) is 2.87. The van der Waals surface area contributed by atoms with E-state index in [4.69, 9.17) is 0 Å². The summed E-state index contributed by atoms with van der Waals surface area (Å²) in [6.45, 7) is 1.69. The van der Waals surface area contributed by atoms with Crippen LogP contribution in [0.2, 0.25) is 0 Å². The predicted octanol–water partition coefficient (Wildman–Crippen LogP) is 2.02. The molecule has 0 aliphatic rings. The van der Waals surface area contributed by atoms with Crippen molar-refractivity contribution in [1.82, 2.24) is 9.78 Å². The Balaban J connectivity index is 2.58. The van der Waals surface area contributed by atoms with E-state index in [1.165, 1.54) is 16.0 Å². The molecule has 84 valence electrons. The van der Waals surface area contributed by atoms with Crippen LogP contribution in [0.1, 0.15) is 6.92 Å². The van der Waals surface area contributed by atoms with Crippen molar-refractivity contribution in [1.29, 1.82) is 0 Å². The fourth-order valence-corrected chi connectivity index (χ4v) is 2.05. The first-order chi connectivity index (χ1) is 8.35. The molecular weight excluding hydrogens is 236 g/mol. The van der Waals surface area contributed by atoms with Crippen LogP contribution in [0.4, 0.5) is 0 Å². The van der Waals surface area contributed by atoms with Crippen molar-refractivity contribution in [2.75, 3.05) is 0 Å².